The Morgan fingerprint density at radius 3 is 1.81 bits per heavy atom. The van der Waals surface area contributed by atoms with Gasteiger partial charge in [-0.15, -0.1) is 0 Å². The molecule has 0 unspecified atom stereocenters. The van der Waals surface area contributed by atoms with Crippen molar-refractivity contribution in [3.05, 3.63) is 35.4 Å². The maximum atomic E-state index is 13.3. The van der Waals surface area contributed by atoms with Crippen LogP contribution < -0.4 is 0 Å². The number of rotatable bonds is 6. The van der Waals surface area contributed by atoms with Gasteiger partial charge in [-0.3, -0.25) is 0 Å². The third-order valence-electron chi connectivity index (χ3n) is 8.17. The summed E-state index contributed by atoms with van der Waals surface area (Å²) in [5, 5.41) is 0. The van der Waals surface area contributed by atoms with Gasteiger partial charge in [0.25, 0.3) is 0 Å². The van der Waals surface area contributed by atoms with E-state index >= 15 is 0 Å². The molecule has 0 aromatic heterocycles. The molecule has 3 aliphatic rings. The molecule has 0 atom stereocenters. The average molecular weight is 375 g/mol. The molecular weight excluding hydrogens is 338 g/mol. The Kier molecular flexibility index (Phi) is 6.50. The van der Waals surface area contributed by atoms with Gasteiger partial charge in [-0.2, -0.15) is 0 Å². The van der Waals surface area contributed by atoms with Crippen LogP contribution in [-0.2, 0) is 6.42 Å². The smallest absolute Gasteiger partial charge is 0.159 e. The fourth-order valence-corrected chi connectivity index (χ4v) is 6.11. The first-order chi connectivity index (χ1) is 13.2. The monoisotopic (exact) mass is 374 g/mol. The van der Waals surface area contributed by atoms with Crippen molar-refractivity contribution in [1.29, 1.82) is 0 Å². The first-order valence-electron chi connectivity index (χ1n) is 11.6. The van der Waals surface area contributed by atoms with Crippen LogP contribution in [0, 0.1) is 41.2 Å². The topological polar surface area (TPSA) is 0 Å². The zero-order valence-corrected chi connectivity index (χ0v) is 16.8. The van der Waals surface area contributed by atoms with Crippen molar-refractivity contribution >= 4 is 0 Å². The second-order valence-corrected chi connectivity index (χ2v) is 9.88. The van der Waals surface area contributed by atoms with E-state index in [1.807, 2.05) is 0 Å². The SMILES string of the molecule is Fc1ccc(CCC2CCC(C3CCC(CC4CCC4)CC3)CC2)cc1F. The first kappa shape index (κ1) is 19.4. The van der Waals surface area contributed by atoms with Crippen molar-refractivity contribution in [3.63, 3.8) is 0 Å². The Morgan fingerprint density at radius 1 is 0.667 bits per heavy atom. The summed E-state index contributed by atoms with van der Waals surface area (Å²) in [5.41, 5.74) is 0.945. The van der Waals surface area contributed by atoms with Crippen molar-refractivity contribution in [2.75, 3.05) is 0 Å². The summed E-state index contributed by atoms with van der Waals surface area (Å²) in [4.78, 5) is 0. The van der Waals surface area contributed by atoms with E-state index in [9.17, 15) is 8.78 Å². The number of hydrogen-bond acceptors (Lipinski definition) is 0. The second kappa shape index (κ2) is 9.05. The van der Waals surface area contributed by atoms with Crippen LogP contribution in [-0.4, -0.2) is 0 Å². The molecule has 0 heterocycles. The molecule has 2 heteroatoms. The summed E-state index contributed by atoms with van der Waals surface area (Å²) in [6, 6.07) is 4.39. The molecule has 4 rings (SSSR count). The standard InChI is InChI=1S/C25H36F2/c26-24-15-10-21(17-25(24)27)5-4-18-6-11-22(12-7-18)23-13-8-20(9-14-23)16-19-2-1-3-19/h10,15,17-20,22-23H,1-9,11-14,16H2. The van der Waals surface area contributed by atoms with Crippen molar-refractivity contribution in [2.24, 2.45) is 29.6 Å². The summed E-state index contributed by atoms with van der Waals surface area (Å²) >= 11 is 0. The lowest BCUT2D eigenvalue weighted by molar-refractivity contribution is 0.126. The van der Waals surface area contributed by atoms with Crippen LogP contribution in [0.1, 0.15) is 89.0 Å². The number of hydrogen-bond donors (Lipinski definition) is 0. The van der Waals surface area contributed by atoms with Gasteiger partial charge in [0.05, 0.1) is 0 Å². The van der Waals surface area contributed by atoms with Gasteiger partial charge in [-0.1, -0.05) is 51.0 Å². The van der Waals surface area contributed by atoms with Crippen LogP contribution in [0.3, 0.4) is 0 Å². The number of halogens is 2. The minimum absolute atomic E-state index is 0.705. The summed E-state index contributed by atoms with van der Waals surface area (Å²) in [6.45, 7) is 0. The van der Waals surface area contributed by atoms with Gasteiger partial charge in [0, 0.05) is 0 Å². The Balaban J connectivity index is 1.15. The molecule has 150 valence electrons. The van der Waals surface area contributed by atoms with Crippen LogP contribution in [0.4, 0.5) is 8.78 Å². The largest absolute Gasteiger partial charge is 0.204 e. The molecule has 0 spiro atoms. The summed E-state index contributed by atoms with van der Waals surface area (Å²) in [7, 11) is 0. The van der Waals surface area contributed by atoms with Gasteiger partial charge in [0.15, 0.2) is 11.6 Å². The van der Waals surface area contributed by atoms with Gasteiger partial charge < -0.3 is 0 Å². The van der Waals surface area contributed by atoms with Crippen molar-refractivity contribution in [1.82, 2.24) is 0 Å². The zero-order valence-electron chi connectivity index (χ0n) is 16.8. The Morgan fingerprint density at radius 2 is 1.26 bits per heavy atom. The van der Waals surface area contributed by atoms with Crippen LogP contribution in [0.5, 0.6) is 0 Å². The number of benzene rings is 1. The van der Waals surface area contributed by atoms with Crippen LogP contribution in [0.25, 0.3) is 0 Å². The quantitative estimate of drug-likeness (QED) is 0.478. The van der Waals surface area contributed by atoms with Crippen molar-refractivity contribution in [3.8, 4) is 0 Å². The fourth-order valence-electron chi connectivity index (χ4n) is 6.11. The van der Waals surface area contributed by atoms with Crippen LogP contribution in [0.15, 0.2) is 18.2 Å². The molecule has 27 heavy (non-hydrogen) atoms. The molecule has 3 aliphatic carbocycles. The highest BCUT2D eigenvalue weighted by Crippen LogP contribution is 2.44. The molecule has 0 bridgehead atoms. The molecule has 0 nitrogen and oxygen atoms in total. The molecule has 0 amide bonds. The molecule has 0 radical (unpaired) electrons. The van der Waals surface area contributed by atoms with E-state index in [0.717, 1.165) is 48.0 Å². The maximum Gasteiger partial charge on any atom is 0.159 e. The predicted molar refractivity (Wildman–Crippen MR) is 108 cm³/mol. The van der Waals surface area contributed by atoms with E-state index in [0.29, 0.717) is 0 Å². The highest BCUT2D eigenvalue weighted by molar-refractivity contribution is 5.17. The van der Waals surface area contributed by atoms with Crippen LogP contribution >= 0.6 is 0 Å². The Hall–Kier alpha value is -0.920. The lowest BCUT2D eigenvalue weighted by atomic mass is 9.67. The highest BCUT2D eigenvalue weighted by atomic mass is 19.2. The van der Waals surface area contributed by atoms with Gasteiger partial charge in [-0.05, 0) is 92.2 Å². The minimum atomic E-state index is -0.735. The summed E-state index contributed by atoms with van der Waals surface area (Å²) in [5.74, 6) is 3.43. The lowest BCUT2D eigenvalue weighted by Crippen LogP contribution is -2.27. The van der Waals surface area contributed by atoms with E-state index < -0.39 is 11.6 Å². The lowest BCUT2D eigenvalue weighted by Gasteiger charge is -2.39. The van der Waals surface area contributed by atoms with Gasteiger partial charge >= 0.3 is 0 Å². The molecule has 0 aliphatic heterocycles. The molecule has 1 aromatic rings. The van der Waals surface area contributed by atoms with Crippen LogP contribution in [0.2, 0.25) is 0 Å². The third-order valence-corrected chi connectivity index (χ3v) is 8.17. The third kappa shape index (κ3) is 5.12. The molecule has 3 saturated carbocycles. The van der Waals surface area contributed by atoms with E-state index in [-0.39, 0.29) is 0 Å². The average Bonchev–Trinajstić information content (AvgIpc) is 2.67. The zero-order chi connectivity index (χ0) is 18.6. The maximum absolute atomic E-state index is 13.3. The highest BCUT2D eigenvalue weighted by Gasteiger charge is 2.32. The minimum Gasteiger partial charge on any atom is -0.204 e. The van der Waals surface area contributed by atoms with Crippen molar-refractivity contribution in [2.45, 2.75) is 89.9 Å². The molecule has 0 N–H and O–H groups in total. The fraction of sp³-hybridized carbons (Fsp3) is 0.760. The molecule has 3 fully saturated rings. The Labute approximate surface area is 164 Å². The predicted octanol–water partition coefficient (Wildman–Crippen LogP) is 7.70. The second-order valence-electron chi connectivity index (χ2n) is 9.88. The molecule has 1 aromatic carbocycles. The van der Waals surface area contributed by atoms with E-state index in [1.165, 1.54) is 89.2 Å². The molecular formula is C25H36F2. The first-order valence-corrected chi connectivity index (χ1v) is 11.6. The Bertz CT molecular complexity index is 590. The van der Waals surface area contributed by atoms with Gasteiger partial charge in [0.1, 0.15) is 0 Å². The normalized spacial score (nSPS) is 32.2. The summed E-state index contributed by atoms with van der Waals surface area (Å²) in [6.07, 6.45) is 19.5. The van der Waals surface area contributed by atoms with E-state index in [2.05, 4.69) is 0 Å². The van der Waals surface area contributed by atoms with Crippen molar-refractivity contribution < 1.29 is 8.78 Å². The number of aryl methyl sites for hydroxylation is 1. The van der Waals surface area contributed by atoms with Gasteiger partial charge in [0.2, 0.25) is 0 Å². The van der Waals surface area contributed by atoms with Gasteiger partial charge in [-0.25, -0.2) is 8.78 Å². The van der Waals surface area contributed by atoms with E-state index in [1.54, 1.807) is 6.07 Å². The molecule has 0 saturated heterocycles. The summed E-state index contributed by atoms with van der Waals surface area (Å²) < 4.78 is 26.4. The van der Waals surface area contributed by atoms with E-state index in [4.69, 9.17) is 0 Å².